The third-order valence-corrected chi connectivity index (χ3v) is 4.05. The number of ether oxygens (including phenoxy) is 3. The number of halogens is 2. The molecule has 2 rings (SSSR count). The van der Waals surface area contributed by atoms with Gasteiger partial charge in [-0.2, -0.15) is 8.78 Å². The Kier molecular flexibility index (Phi) is 7.83. The molecule has 0 aliphatic rings. The smallest absolute Gasteiger partial charge is 0.387 e. The first kappa shape index (κ1) is 23.5. The van der Waals surface area contributed by atoms with Crippen molar-refractivity contribution >= 4 is 23.8 Å². The first-order valence-electron chi connectivity index (χ1n) is 9.06. The zero-order valence-corrected chi connectivity index (χ0v) is 16.9. The fourth-order valence-corrected chi connectivity index (χ4v) is 2.69. The van der Waals surface area contributed by atoms with Crippen LogP contribution in [0.1, 0.15) is 49.4 Å². The number of carbonyl (C=O) groups excluding carboxylic acids is 4. The van der Waals surface area contributed by atoms with Crippen molar-refractivity contribution in [3.05, 3.63) is 52.3 Å². The zero-order valence-electron chi connectivity index (χ0n) is 16.9. The summed E-state index contributed by atoms with van der Waals surface area (Å²) >= 11 is 0. The van der Waals surface area contributed by atoms with Gasteiger partial charge in [0.2, 0.25) is 0 Å². The maximum absolute atomic E-state index is 12.3. The van der Waals surface area contributed by atoms with Gasteiger partial charge < -0.3 is 19.2 Å². The molecule has 2 aromatic rings. The molecule has 0 aliphatic heterocycles. The highest BCUT2D eigenvalue weighted by atomic mass is 19.3. The Morgan fingerprint density at radius 3 is 2.26 bits per heavy atom. The number of aromatic nitrogens is 1. The number of rotatable bonds is 8. The average molecular weight is 438 g/mol. The van der Waals surface area contributed by atoms with Crippen LogP contribution >= 0.6 is 0 Å². The topological polar surface area (TPSA) is 124 Å². The minimum atomic E-state index is -3.00. The average Bonchev–Trinajstić information content (AvgIpc) is 3.00. The van der Waals surface area contributed by atoms with Crippen LogP contribution in [0.2, 0.25) is 0 Å². The molecule has 0 saturated heterocycles. The molecule has 0 spiro atoms. The van der Waals surface area contributed by atoms with Gasteiger partial charge in [-0.05, 0) is 50.6 Å². The molecule has 0 aliphatic carbocycles. The lowest BCUT2D eigenvalue weighted by molar-refractivity contribution is -0.123. The fraction of sp³-hybridized carbons (Fsp3) is 0.300. The number of hydrogen-bond acceptors (Lipinski definition) is 7. The summed E-state index contributed by atoms with van der Waals surface area (Å²) in [6, 6.07) is 4.66. The van der Waals surface area contributed by atoms with Gasteiger partial charge in [0.15, 0.2) is 6.61 Å². The van der Waals surface area contributed by atoms with Crippen LogP contribution < -0.4 is 10.1 Å². The molecule has 0 atom stereocenters. The Labute approximate surface area is 175 Å². The van der Waals surface area contributed by atoms with E-state index in [1.165, 1.54) is 19.1 Å². The maximum Gasteiger partial charge on any atom is 0.387 e. The zero-order chi connectivity index (χ0) is 23.1. The van der Waals surface area contributed by atoms with Crippen molar-refractivity contribution in [2.24, 2.45) is 0 Å². The Hall–Kier alpha value is -3.76. The minimum Gasteiger partial charge on any atom is -0.462 e. The van der Waals surface area contributed by atoms with Crippen LogP contribution in [0.3, 0.4) is 0 Å². The number of carbonyl (C=O) groups is 4. The summed E-state index contributed by atoms with van der Waals surface area (Å²) in [4.78, 5) is 50.9. The minimum absolute atomic E-state index is 0.0104. The van der Waals surface area contributed by atoms with Crippen molar-refractivity contribution in [3.8, 4) is 5.75 Å². The molecule has 0 bridgehead atoms. The van der Waals surface area contributed by atoms with Crippen LogP contribution in [-0.4, -0.2) is 48.6 Å². The van der Waals surface area contributed by atoms with Crippen molar-refractivity contribution in [3.63, 3.8) is 0 Å². The van der Waals surface area contributed by atoms with E-state index >= 15 is 0 Å². The first-order chi connectivity index (χ1) is 14.6. The number of esters is 2. The summed E-state index contributed by atoms with van der Waals surface area (Å²) in [6.45, 7) is 1.16. The Balaban J connectivity index is 1.94. The SMILES string of the molecule is CCOC(=O)c1c(C)[nH]c(C(=O)OCC(=O)NC(=O)c2ccc(OC(F)F)cc2)c1C. The third-order valence-electron chi connectivity index (χ3n) is 4.05. The van der Waals surface area contributed by atoms with E-state index in [4.69, 9.17) is 9.47 Å². The highest BCUT2D eigenvalue weighted by Gasteiger charge is 2.24. The lowest BCUT2D eigenvalue weighted by Crippen LogP contribution is -2.34. The van der Waals surface area contributed by atoms with Gasteiger partial charge >= 0.3 is 18.6 Å². The molecule has 9 nitrogen and oxygen atoms in total. The van der Waals surface area contributed by atoms with Gasteiger partial charge in [-0.1, -0.05) is 0 Å². The second-order valence-electron chi connectivity index (χ2n) is 6.20. The molecule has 166 valence electrons. The summed E-state index contributed by atoms with van der Waals surface area (Å²) in [5.41, 5.74) is 0.906. The normalized spacial score (nSPS) is 10.5. The van der Waals surface area contributed by atoms with Gasteiger partial charge in [-0.15, -0.1) is 0 Å². The standard InChI is InChI=1S/C20H20F2N2O7/c1-4-29-18(27)15-10(2)16(23-11(15)3)19(28)30-9-14(25)24-17(26)12-5-7-13(8-6-12)31-20(21)22/h5-8,20,23H,4,9H2,1-3H3,(H,24,25,26). The van der Waals surface area contributed by atoms with Gasteiger partial charge in [-0.25, -0.2) is 9.59 Å². The van der Waals surface area contributed by atoms with Crippen molar-refractivity contribution in [2.45, 2.75) is 27.4 Å². The number of aryl methyl sites for hydroxylation is 1. The number of amides is 2. The molecule has 31 heavy (non-hydrogen) atoms. The molecule has 1 aromatic heterocycles. The van der Waals surface area contributed by atoms with Crippen molar-refractivity contribution < 1.29 is 42.2 Å². The number of alkyl halides is 2. The lowest BCUT2D eigenvalue weighted by atomic mass is 10.1. The summed E-state index contributed by atoms with van der Waals surface area (Å²) in [6.07, 6.45) is 0. The van der Waals surface area contributed by atoms with E-state index in [0.717, 1.165) is 12.1 Å². The molecular formula is C20H20F2N2O7. The van der Waals surface area contributed by atoms with Crippen molar-refractivity contribution in [2.75, 3.05) is 13.2 Å². The molecular weight excluding hydrogens is 418 g/mol. The van der Waals surface area contributed by atoms with E-state index in [1.54, 1.807) is 13.8 Å². The Morgan fingerprint density at radius 1 is 1.03 bits per heavy atom. The largest absolute Gasteiger partial charge is 0.462 e. The maximum atomic E-state index is 12.3. The van der Waals surface area contributed by atoms with Gasteiger partial charge in [-0.3, -0.25) is 14.9 Å². The number of benzene rings is 1. The predicted molar refractivity (Wildman–Crippen MR) is 102 cm³/mol. The Bertz CT molecular complexity index is 984. The highest BCUT2D eigenvalue weighted by molar-refractivity contribution is 6.05. The van der Waals surface area contributed by atoms with E-state index < -0.39 is 37.0 Å². The number of imide groups is 1. The van der Waals surface area contributed by atoms with Gasteiger partial charge in [0, 0.05) is 11.3 Å². The van der Waals surface area contributed by atoms with Crippen LogP contribution in [-0.2, 0) is 14.3 Å². The van der Waals surface area contributed by atoms with Gasteiger partial charge in [0.1, 0.15) is 11.4 Å². The molecule has 0 saturated carbocycles. The fourth-order valence-electron chi connectivity index (χ4n) is 2.69. The van der Waals surface area contributed by atoms with Crippen molar-refractivity contribution in [1.82, 2.24) is 10.3 Å². The number of aromatic amines is 1. The van der Waals surface area contributed by atoms with Crippen LogP contribution in [0.15, 0.2) is 24.3 Å². The predicted octanol–water partition coefficient (Wildman–Crippen LogP) is 2.52. The number of nitrogens with one attached hydrogen (secondary N) is 2. The number of H-pyrrole nitrogens is 1. The van der Waals surface area contributed by atoms with E-state index in [2.05, 4.69) is 9.72 Å². The number of hydrogen-bond donors (Lipinski definition) is 2. The Morgan fingerprint density at radius 2 is 1.68 bits per heavy atom. The summed E-state index contributed by atoms with van der Waals surface area (Å²) < 4.78 is 38.3. The molecule has 1 aromatic carbocycles. The molecule has 2 N–H and O–H groups in total. The van der Waals surface area contributed by atoms with E-state index in [-0.39, 0.29) is 29.2 Å². The van der Waals surface area contributed by atoms with Crippen molar-refractivity contribution in [1.29, 1.82) is 0 Å². The van der Waals surface area contributed by atoms with Gasteiger partial charge in [0.05, 0.1) is 12.2 Å². The molecule has 0 fully saturated rings. The van der Waals surface area contributed by atoms with Gasteiger partial charge in [0.25, 0.3) is 11.8 Å². The van der Waals surface area contributed by atoms with Crippen LogP contribution in [0.25, 0.3) is 0 Å². The van der Waals surface area contributed by atoms with E-state index in [1.807, 2.05) is 5.32 Å². The third kappa shape index (κ3) is 6.11. The summed E-state index contributed by atoms with van der Waals surface area (Å²) in [5, 5.41) is 2.00. The first-order valence-corrected chi connectivity index (χ1v) is 9.06. The highest BCUT2D eigenvalue weighted by Crippen LogP contribution is 2.20. The quantitative estimate of drug-likeness (QED) is 0.607. The monoisotopic (exact) mass is 438 g/mol. The molecule has 0 unspecified atom stereocenters. The second-order valence-corrected chi connectivity index (χ2v) is 6.20. The molecule has 2 amide bonds. The van der Waals surface area contributed by atoms with Crippen LogP contribution in [0.5, 0.6) is 5.75 Å². The molecule has 11 heteroatoms. The molecule has 1 heterocycles. The van der Waals surface area contributed by atoms with Crippen LogP contribution in [0, 0.1) is 13.8 Å². The van der Waals surface area contributed by atoms with E-state index in [9.17, 15) is 28.0 Å². The summed E-state index contributed by atoms with van der Waals surface area (Å²) in [7, 11) is 0. The van der Waals surface area contributed by atoms with E-state index in [0.29, 0.717) is 11.3 Å². The molecule has 0 radical (unpaired) electrons. The summed E-state index contributed by atoms with van der Waals surface area (Å²) in [5.74, 6) is -3.36. The lowest BCUT2D eigenvalue weighted by Gasteiger charge is -2.07. The second kappa shape index (κ2) is 10.3. The van der Waals surface area contributed by atoms with Crippen LogP contribution in [0.4, 0.5) is 8.78 Å².